The van der Waals surface area contributed by atoms with Crippen LogP contribution in [0.3, 0.4) is 0 Å². The van der Waals surface area contributed by atoms with Crippen molar-refractivity contribution in [1.29, 1.82) is 0 Å². The summed E-state index contributed by atoms with van der Waals surface area (Å²) in [6, 6.07) is 9.20. The van der Waals surface area contributed by atoms with Crippen LogP contribution >= 0.6 is 27.5 Å². The number of amides is 1. The van der Waals surface area contributed by atoms with Gasteiger partial charge in [-0.05, 0) is 40.5 Å². The van der Waals surface area contributed by atoms with Crippen LogP contribution in [0.4, 0.5) is 5.69 Å². The van der Waals surface area contributed by atoms with E-state index in [1.54, 1.807) is 17.2 Å². The van der Waals surface area contributed by atoms with E-state index in [1.165, 1.54) is 0 Å². The van der Waals surface area contributed by atoms with Gasteiger partial charge in [-0.1, -0.05) is 23.7 Å². The molecule has 108 valence electrons. The van der Waals surface area contributed by atoms with Crippen LogP contribution in [-0.2, 0) is 0 Å². The monoisotopic (exact) mass is 366 g/mol. The number of benzene rings is 1. The predicted molar refractivity (Wildman–Crippen MR) is 85.2 cm³/mol. The first-order valence-corrected chi connectivity index (χ1v) is 7.68. The maximum atomic E-state index is 12.8. The van der Waals surface area contributed by atoms with Crippen LogP contribution in [-0.4, -0.2) is 24.0 Å². The van der Waals surface area contributed by atoms with E-state index in [9.17, 15) is 4.79 Å². The zero-order chi connectivity index (χ0) is 14.8. The van der Waals surface area contributed by atoms with Gasteiger partial charge in [-0.2, -0.15) is 0 Å². The van der Waals surface area contributed by atoms with E-state index in [-0.39, 0.29) is 11.1 Å². The largest absolute Gasteiger partial charge is 0.491 e. The Kier molecular flexibility index (Phi) is 4.12. The first-order valence-electron chi connectivity index (χ1n) is 6.51. The summed E-state index contributed by atoms with van der Waals surface area (Å²) in [5, 5.41) is 0.200. The smallest absolute Gasteiger partial charge is 0.261 e. The number of hydrogen-bond donors (Lipinski definition) is 0. The van der Waals surface area contributed by atoms with Gasteiger partial charge in [0.2, 0.25) is 0 Å². The Morgan fingerprint density at radius 3 is 3.05 bits per heavy atom. The number of aromatic nitrogens is 1. The van der Waals surface area contributed by atoms with Crippen LogP contribution in [0.25, 0.3) is 0 Å². The molecule has 0 fully saturated rings. The van der Waals surface area contributed by atoms with Gasteiger partial charge in [0.05, 0.1) is 17.9 Å². The average molecular weight is 368 g/mol. The van der Waals surface area contributed by atoms with Crippen molar-refractivity contribution >= 4 is 39.1 Å². The molecule has 1 amide bonds. The summed E-state index contributed by atoms with van der Waals surface area (Å²) in [7, 11) is 0. The number of anilines is 1. The predicted octanol–water partition coefficient (Wildman–Crippen LogP) is 3.93. The molecule has 6 heteroatoms. The van der Waals surface area contributed by atoms with E-state index >= 15 is 0 Å². The molecule has 0 spiro atoms. The molecule has 2 heterocycles. The molecular weight excluding hydrogens is 356 g/mol. The third-order valence-electron chi connectivity index (χ3n) is 3.22. The number of carbonyl (C=O) groups excluding carboxylic acids is 1. The van der Waals surface area contributed by atoms with Gasteiger partial charge in [0.15, 0.2) is 0 Å². The highest BCUT2D eigenvalue weighted by Crippen LogP contribution is 2.32. The maximum absolute atomic E-state index is 12.8. The Morgan fingerprint density at radius 1 is 1.38 bits per heavy atom. The van der Waals surface area contributed by atoms with Crippen molar-refractivity contribution in [3.8, 4) is 5.75 Å². The van der Waals surface area contributed by atoms with Crippen molar-refractivity contribution in [2.24, 2.45) is 0 Å². The maximum Gasteiger partial charge on any atom is 0.261 e. The van der Waals surface area contributed by atoms with Crippen molar-refractivity contribution in [1.82, 2.24) is 4.98 Å². The van der Waals surface area contributed by atoms with E-state index < -0.39 is 0 Å². The molecule has 0 N–H and O–H groups in total. The second-order valence-corrected chi connectivity index (χ2v) is 5.89. The van der Waals surface area contributed by atoms with Gasteiger partial charge in [-0.3, -0.25) is 4.79 Å². The third-order valence-corrected chi connectivity index (χ3v) is 3.96. The lowest BCUT2D eigenvalue weighted by Gasteiger charge is -2.22. The SMILES string of the molecule is O=C(c1cc(Br)cnc1Cl)N1CCCOc2ccccc21. The van der Waals surface area contributed by atoms with Crippen molar-refractivity contribution < 1.29 is 9.53 Å². The highest BCUT2D eigenvalue weighted by molar-refractivity contribution is 9.10. The summed E-state index contributed by atoms with van der Waals surface area (Å²) in [4.78, 5) is 18.5. The molecule has 0 radical (unpaired) electrons. The normalized spacial score (nSPS) is 14.1. The molecule has 1 aliphatic rings. The summed E-state index contributed by atoms with van der Waals surface area (Å²) >= 11 is 9.39. The Hall–Kier alpha value is -1.59. The van der Waals surface area contributed by atoms with E-state index in [0.29, 0.717) is 24.5 Å². The van der Waals surface area contributed by atoms with E-state index in [4.69, 9.17) is 16.3 Å². The molecule has 3 rings (SSSR count). The van der Waals surface area contributed by atoms with Gasteiger partial charge in [0, 0.05) is 17.2 Å². The van der Waals surface area contributed by atoms with Crippen LogP contribution in [0, 0.1) is 0 Å². The van der Waals surface area contributed by atoms with Gasteiger partial charge in [-0.25, -0.2) is 4.98 Å². The average Bonchev–Trinajstić information content (AvgIpc) is 2.71. The van der Waals surface area contributed by atoms with Crippen LogP contribution in [0.5, 0.6) is 5.75 Å². The minimum absolute atomic E-state index is 0.174. The molecule has 0 unspecified atom stereocenters. The molecule has 4 nitrogen and oxygen atoms in total. The molecule has 0 saturated carbocycles. The summed E-state index contributed by atoms with van der Waals surface area (Å²) in [6.45, 7) is 1.17. The quantitative estimate of drug-likeness (QED) is 0.717. The summed E-state index contributed by atoms with van der Waals surface area (Å²) in [5.74, 6) is 0.536. The minimum Gasteiger partial charge on any atom is -0.491 e. The Bertz CT molecular complexity index is 693. The second kappa shape index (κ2) is 6.03. The fourth-order valence-electron chi connectivity index (χ4n) is 2.26. The highest BCUT2D eigenvalue weighted by Gasteiger charge is 2.25. The Balaban J connectivity index is 2.03. The van der Waals surface area contributed by atoms with Crippen LogP contribution in [0.1, 0.15) is 16.8 Å². The molecule has 0 aliphatic carbocycles. The van der Waals surface area contributed by atoms with E-state index in [2.05, 4.69) is 20.9 Å². The number of nitrogens with zero attached hydrogens (tertiary/aromatic N) is 2. The number of ether oxygens (including phenoxy) is 1. The number of hydrogen-bond acceptors (Lipinski definition) is 3. The summed E-state index contributed by atoms with van der Waals surface area (Å²) in [5.41, 5.74) is 1.14. The first kappa shape index (κ1) is 14.4. The van der Waals surface area contributed by atoms with Crippen LogP contribution in [0.2, 0.25) is 5.15 Å². The fourth-order valence-corrected chi connectivity index (χ4v) is 2.77. The van der Waals surface area contributed by atoms with Crippen molar-refractivity contribution in [2.45, 2.75) is 6.42 Å². The molecule has 0 saturated heterocycles. The van der Waals surface area contributed by atoms with Crippen LogP contribution in [0.15, 0.2) is 41.0 Å². The fraction of sp³-hybridized carbons (Fsp3) is 0.200. The molecule has 2 aromatic rings. The zero-order valence-corrected chi connectivity index (χ0v) is 13.4. The third kappa shape index (κ3) is 2.89. The molecular formula is C15H12BrClN2O2. The lowest BCUT2D eigenvalue weighted by atomic mass is 10.2. The van der Waals surface area contributed by atoms with Crippen molar-refractivity contribution in [2.75, 3.05) is 18.1 Å². The lowest BCUT2D eigenvalue weighted by molar-refractivity contribution is 0.0987. The van der Waals surface area contributed by atoms with Gasteiger partial charge >= 0.3 is 0 Å². The summed E-state index contributed by atoms with van der Waals surface area (Å²) in [6.07, 6.45) is 2.33. The molecule has 21 heavy (non-hydrogen) atoms. The first-order chi connectivity index (χ1) is 10.2. The molecule has 1 aromatic heterocycles. The van der Waals surface area contributed by atoms with Crippen LogP contribution < -0.4 is 9.64 Å². The van der Waals surface area contributed by atoms with Gasteiger partial charge in [0.1, 0.15) is 10.9 Å². The number of halogens is 2. The molecule has 1 aliphatic heterocycles. The molecule has 0 atom stereocenters. The number of para-hydroxylation sites is 2. The Labute approximate surface area is 135 Å². The number of carbonyl (C=O) groups is 1. The number of fused-ring (bicyclic) bond motifs is 1. The zero-order valence-electron chi connectivity index (χ0n) is 11.1. The lowest BCUT2D eigenvalue weighted by Crippen LogP contribution is -2.31. The number of pyridine rings is 1. The highest BCUT2D eigenvalue weighted by atomic mass is 79.9. The minimum atomic E-state index is -0.174. The second-order valence-electron chi connectivity index (χ2n) is 4.62. The number of rotatable bonds is 1. The van der Waals surface area contributed by atoms with Gasteiger partial charge in [0.25, 0.3) is 5.91 Å². The van der Waals surface area contributed by atoms with Crippen molar-refractivity contribution in [3.05, 3.63) is 51.7 Å². The van der Waals surface area contributed by atoms with Gasteiger partial charge < -0.3 is 9.64 Å². The van der Waals surface area contributed by atoms with Crippen molar-refractivity contribution in [3.63, 3.8) is 0 Å². The molecule has 1 aromatic carbocycles. The summed E-state index contributed by atoms with van der Waals surface area (Å²) < 4.78 is 6.38. The topological polar surface area (TPSA) is 42.4 Å². The standard InChI is InChI=1S/C15H12BrClN2O2/c16-10-8-11(14(17)18-9-10)15(20)19-6-3-7-21-13-5-2-1-4-12(13)19/h1-2,4-5,8-9H,3,6-7H2. The van der Waals surface area contributed by atoms with E-state index in [1.807, 2.05) is 24.3 Å². The van der Waals surface area contributed by atoms with Gasteiger partial charge in [-0.15, -0.1) is 0 Å². The Morgan fingerprint density at radius 2 is 2.19 bits per heavy atom. The van der Waals surface area contributed by atoms with E-state index in [0.717, 1.165) is 16.6 Å². The molecule has 0 bridgehead atoms.